The molecular formula is C17H24N6O. The molecule has 2 aromatic rings. The van der Waals surface area contributed by atoms with E-state index in [-0.39, 0.29) is 18.5 Å². The van der Waals surface area contributed by atoms with Crippen molar-refractivity contribution >= 4 is 5.91 Å². The summed E-state index contributed by atoms with van der Waals surface area (Å²) >= 11 is 0. The molecule has 1 aromatic carbocycles. The minimum atomic E-state index is -0.0754. The smallest absolute Gasteiger partial charge is 0.241 e. The van der Waals surface area contributed by atoms with Crippen LogP contribution in [-0.4, -0.2) is 50.6 Å². The summed E-state index contributed by atoms with van der Waals surface area (Å²) in [5.41, 5.74) is 1.25. The van der Waals surface area contributed by atoms with Crippen LogP contribution in [0.2, 0.25) is 0 Å². The summed E-state index contributed by atoms with van der Waals surface area (Å²) < 4.78 is 1.43. The molecule has 128 valence electrons. The highest BCUT2D eigenvalue weighted by molar-refractivity contribution is 5.75. The molecular weight excluding hydrogens is 304 g/mol. The average Bonchev–Trinajstić information content (AvgIpc) is 3.10. The standard InChI is InChI=1S/C17H24N6O/c1-14-7-9-22(10-8-14)16(15-5-3-2-4-6-15)11-18-17(24)12-23-13-19-20-21-23/h2-6,13-14,16H,7-12H2,1H3,(H,18,24)/t16-/m1/s1. The first-order valence-corrected chi connectivity index (χ1v) is 8.49. The van der Waals surface area contributed by atoms with Crippen LogP contribution in [0.3, 0.4) is 0 Å². The van der Waals surface area contributed by atoms with Crippen LogP contribution >= 0.6 is 0 Å². The number of nitrogens with zero attached hydrogens (tertiary/aromatic N) is 5. The number of nitrogens with one attached hydrogen (secondary N) is 1. The van der Waals surface area contributed by atoms with Gasteiger partial charge in [-0.2, -0.15) is 0 Å². The topological polar surface area (TPSA) is 75.9 Å². The van der Waals surface area contributed by atoms with Crippen molar-refractivity contribution in [1.82, 2.24) is 30.4 Å². The lowest BCUT2D eigenvalue weighted by molar-refractivity contribution is -0.122. The van der Waals surface area contributed by atoms with Gasteiger partial charge in [0.1, 0.15) is 12.9 Å². The number of likely N-dealkylation sites (tertiary alicyclic amines) is 1. The molecule has 7 nitrogen and oxygen atoms in total. The Morgan fingerprint density at radius 2 is 2.04 bits per heavy atom. The summed E-state index contributed by atoms with van der Waals surface area (Å²) in [6.45, 7) is 5.20. The molecule has 7 heteroatoms. The highest BCUT2D eigenvalue weighted by Crippen LogP contribution is 2.26. The maximum Gasteiger partial charge on any atom is 0.241 e. The van der Waals surface area contributed by atoms with E-state index in [1.165, 1.54) is 29.4 Å². The van der Waals surface area contributed by atoms with Gasteiger partial charge in [-0.05, 0) is 47.8 Å². The van der Waals surface area contributed by atoms with Crippen LogP contribution in [0.4, 0.5) is 0 Å². The molecule has 0 spiro atoms. The number of hydrogen-bond donors (Lipinski definition) is 1. The zero-order valence-electron chi connectivity index (χ0n) is 14.0. The van der Waals surface area contributed by atoms with Gasteiger partial charge in [0, 0.05) is 6.54 Å². The van der Waals surface area contributed by atoms with Gasteiger partial charge in [-0.1, -0.05) is 37.3 Å². The first-order valence-electron chi connectivity index (χ1n) is 8.49. The van der Waals surface area contributed by atoms with E-state index in [2.05, 4.69) is 56.9 Å². The van der Waals surface area contributed by atoms with Crippen molar-refractivity contribution in [2.45, 2.75) is 32.4 Å². The molecule has 0 aliphatic carbocycles. The minimum absolute atomic E-state index is 0.0754. The molecule has 2 heterocycles. The van der Waals surface area contributed by atoms with Crippen LogP contribution in [0.25, 0.3) is 0 Å². The molecule has 1 fully saturated rings. The number of aromatic nitrogens is 4. The van der Waals surface area contributed by atoms with Crippen LogP contribution in [0.5, 0.6) is 0 Å². The van der Waals surface area contributed by atoms with Crippen LogP contribution in [0, 0.1) is 5.92 Å². The van der Waals surface area contributed by atoms with Gasteiger partial charge in [-0.3, -0.25) is 9.69 Å². The molecule has 24 heavy (non-hydrogen) atoms. The second kappa shape index (κ2) is 8.01. The van der Waals surface area contributed by atoms with Crippen molar-refractivity contribution < 1.29 is 4.79 Å². The molecule has 1 N–H and O–H groups in total. The van der Waals surface area contributed by atoms with E-state index >= 15 is 0 Å². The van der Waals surface area contributed by atoms with Gasteiger partial charge in [0.2, 0.25) is 5.91 Å². The minimum Gasteiger partial charge on any atom is -0.353 e. The molecule has 1 aliphatic heterocycles. The lowest BCUT2D eigenvalue weighted by Gasteiger charge is -2.37. The number of piperidine rings is 1. The number of rotatable bonds is 6. The lowest BCUT2D eigenvalue weighted by Crippen LogP contribution is -2.42. The molecule has 0 bridgehead atoms. The fraction of sp³-hybridized carbons (Fsp3) is 0.529. The quantitative estimate of drug-likeness (QED) is 0.864. The van der Waals surface area contributed by atoms with Gasteiger partial charge < -0.3 is 5.32 Å². The van der Waals surface area contributed by atoms with Crippen LogP contribution in [0.1, 0.15) is 31.4 Å². The van der Waals surface area contributed by atoms with Crippen LogP contribution in [0.15, 0.2) is 36.7 Å². The molecule has 1 aromatic heterocycles. The van der Waals surface area contributed by atoms with Gasteiger partial charge in [0.25, 0.3) is 0 Å². The Morgan fingerprint density at radius 3 is 2.71 bits per heavy atom. The Hall–Kier alpha value is -2.28. The Bertz CT molecular complexity index is 622. The Labute approximate surface area is 142 Å². The summed E-state index contributed by atoms with van der Waals surface area (Å²) in [6, 6.07) is 10.6. The number of hydrogen-bond acceptors (Lipinski definition) is 5. The van der Waals surface area contributed by atoms with Crippen molar-refractivity contribution in [2.24, 2.45) is 5.92 Å². The SMILES string of the molecule is CC1CCN([C@H](CNC(=O)Cn2cnnn2)c2ccccc2)CC1. The third kappa shape index (κ3) is 4.38. The molecule has 0 radical (unpaired) electrons. The number of benzene rings is 1. The largest absolute Gasteiger partial charge is 0.353 e. The predicted octanol–water partition coefficient (Wildman–Crippen LogP) is 1.26. The molecule has 1 amide bonds. The summed E-state index contributed by atoms with van der Waals surface area (Å²) in [5.74, 6) is 0.709. The monoisotopic (exact) mass is 328 g/mol. The number of amides is 1. The molecule has 1 atom stereocenters. The summed E-state index contributed by atoms with van der Waals surface area (Å²) in [4.78, 5) is 14.6. The van der Waals surface area contributed by atoms with E-state index in [1.54, 1.807) is 0 Å². The Morgan fingerprint density at radius 1 is 1.29 bits per heavy atom. The van der Waals surface area contributed by atoms with Crippen molar-refractivity contribution in [2.75, 3.05) is 19.6 Å². The average molecular weight is 328 g/mol. The second-order valence-electron chi connectivity index (χ2n) is 6.46. The lowest BCUT2D eigenvalue weighted by atomic mass is 9.95. The predicted molar refractivity (Wildman–Crippen MR) is 90.0 cm³/mol. The highest BCUT2D eigenvalue weighted by Gasteiger charge is 2.25. The van der Waals surface area contributed by atoms with Crippen LogP contribution in [-0.2, 0) is 11.3 Å². The van der Waals surface area contributed by atoms with Crippen molar-refractivity contribution in [3.8, 4) is 0 Å². The number of carbonyl (C=O) groups is 1. The van der Waals surface area contributed by atoms with Gasteiger partial charge in [0.05, 0.1) is 6.04 Å². The maximum absolute atomic E-state index is 12.1. The highest BCUT2D eigenvalue weighted by atomic mass is 16.2. The molecule has 1 aliphatic rings. The van der Waals surface area contributed by atoms with E-state index in [9.17, 15) is 4.79 Å². The zero-order valence-corrected chi connectivity index (χ0v) is 14.0. The Balaban J connectivity index is 1.62. The first kappa shape index (κ1) is 16.6. The maximum atomic E-state index is 12.1. The number of tetrazole rings is 1. The van der Waals surface area contributed by atoms with E-state index in [1.807, 2.05) is 6.07 Å². The van der Waals surface area contributed by atoms with E-state index in [4.69, 9.17) is 0 Å². The van der Waals surface area contributed by atoms with E-state index < -0.39 is 0 Å². The summed E-state index contributed by atoms with van der Waals surface area (Å²) in [7, 11) is 0. The van der Waals surface area contributed by atoms with Crippen LogP contribution < -0.4 is 5.32 Å². The summed E-state index contributed by atoms with van der Waals surface area (Å²) in [5, 5.41) is 13.8. The van der Waals surface area contributed by atoms with E-state index in [0.29, 0.717) is 6.54 Å². The molecule has 0 saturated carbocycles. The normalized spacial score (nSPS) is 17.5. The zero-order chi connectivity index (χ0) is 16.8. The fourth-order valence-corrected chi connectivity index (χ4v) is 3.14. The van der Waals surface area contributed by atoms with E-state index in [0.717, 1.165) is 19.0 Å². The first-order chi connectivity index (χ1) is 11.7. The molecule has 1 saturated heterocycles. The van der Waals surface area contributed by atoms with Crippen molar-refractivity contribution in [3.63, 3.8) is 0 Å². The Kier molecular flexibility index (Phi) is 5.53. The van der Waals surface area contributed by atoms with Gasteiger partial charge in [-0.25, -0.2) is 4.68 Å². The third-order valence-electron chi connectivity index (χ3n) is 4.63. The second-order valence-corrected chi connectivity index (χ2v) is 6.46. The molecule has 3 rings (SSSR count). The fourth-order valence-electron chi connectivity index (χ4n) is 3.14. The van der Waals surface area contributed by atoms with Gasteiger partial charge >= 0.3 is 0 Å². The number of carbonyl (C=O) groups excluding carboxylic acids is 1. The van der Waals surface area contributed by atoms with Crippen molar-refractivity contribution in [3.05, 3.63) is 42.2 Å². The molecule has 0 unspecified atom stereocenters. The van der Waals surface area contributed by atoms with Gasteiger partial charge in [0.15, 0.2) is 0 Å². The van der Waals surface area contributed by atoms with Crippen molar-refractivity contribution in [1.29, 1.82) is 0 Å². The summed E-state index contributed by atoms with van der Waals surface area (Å²) in [6.07, 6.45) is 3.87. The third-order valence-corrected chi connectivity index (χ3v) is 4.63. The van der Waals surface area contributed by atoms with Gasteiger partial charge in [-0.15, -0.1) is 5.10 Å².